The molecular weight excluding hydrogens is 354 g/mol. The molecular formula is C23H43NO4. The number of hydrogen-bond acceptors (Lipinski definition) is 3. The SMILES string of the molecule is CCCCCCCC/C=C\CCCCCCCC(=O)O.O=C(O)[C@@H]1CCCN1. The highest BCUT2D eigenvalue weighted by atomic mass is 16.4. The third kappa shape index (κ3) is 19.4. The normalized spacial score (nSPS) is 16.1. The third-order valence-corrected chi connectivity index (χ3v) is 5.01. The molecule has 1 saturated heterocycles. The van der Waals surface area contributed by atoms with Gasteiger partial charge < -0.3 is 15.5 Å². The molecule has 0 saturated carbocycles. The van der Waals surface area contributed by atoms with E-state index in [1.807, 2.05) is 0 Å². The van der Waals surface area contributed by atoms with Crippen LogP contribution >= 0.6 is 0 Å². The second-order valence-electron chi connectivity index (χ2n) is 7.72. The van der Waals surface area contributed by atoms with Crippen molar-refractivity contribution >= 4 is 11.9 Å². The minimum absolute atomic E-state index is 0.269. The number of carboxylic acid groups (broad SMARTS) is 2. The molecule has 3 N–H and O–H groups in total. The predicted molar refractivity (Wildman–Crippen MR) is 116 cm³/mol. The topological polar surface area (TPSA) is 86.6 Å². The van der Waals surface area contributed by atoms with E-state index < -0.39 is 11.9 Å². The summed E-state index contributed by atoms with van der Waals surface area (Å²) in [5, 5.41) is 19.7. The van der Waals surface area contributed by atoms with Gasteiger partial charge in [0.15, 0.2) is 0 Å². The smallest absolute Gasteiger partial charge is 0.320 e. The minimum Gasteiger partial charge on any atom is -0.481 e. The Morgan fingerprint density at radius 2 is 1.39 bits per heavy atom. The zero-order valence-corrected chi connectivity index (χ0v) is 18.0. The Kier molecular flexibility index (Phi) is 19.4. The number of unbranched alkanes of at least 4 members (excludes halogenated alkanes) is 11. The summed E-state index contributed by atoms with van der Waals surface area (Å²) < 4.78 is 0. The molecule has 28 heavy (non-hydrogen) atoms. The van der Waals surface area contributed by atoms with Gasteiger partial charge in [-0.15, -0.1) is 0 Å². The zero-order chi connectivity index (χ0) is 20.9. The molecule has 0 aromatic heterocycles. The highest BCUT2D eigenvalue weighted by molar-refractivity contribution is 5.73. The highest BCUT2D eigenvalue weighted by Crippen LogP contribution is 2.09. The van der Waals surface area contributed by atoms with E-state index in [0.29, 0.717) is 6.42 Å². The molecule has 0 amide bonds. The van der Waals surface area contributed by atoms with E-state index in [9.17, 15) is 9.59 Å². The first-order valence-corrected chi connectivity index (χ1v) is 11.4. The number of allylic oxidation sites excluding steroid dienone is 2. The van der Waals surface area contributed by atoms with Gasteiger partial charge in [-0.1, -0.05) is 70.4 Å². The summed E-state index contributed by atoms with van der Waals surface area (Å²) >= 11 is 0. The lowest BCUT2D eigenvalue weighted by atomic mass is 10.1. The Balaban J connectivity index is 0.000000749. The van der Waals surface area contributed by atoms with Crippen LogP contribution in [0.4, 0.5) is 0 Å². The molecule has 0 radical (unpaired) electrons. The van der Waals surface area contributed by atoms with Crippen molar-refractivity contribution in [3.8, 4) is 0 Å². The van der Waals surface area contributed by atoms with Gasteiger partial charge >= 0.3 is 11.9 Å². The van der Waals surface area contributed by atoms with E-state index in [2.05, 4.69) is 24.4 Å². The predicted octanol–water partition coefficient (Wildman–Crippen LogP) is 5.93. The molecule has 5 nitrogen and oxygen atoms in total. The first-order valence-electron chi connectivity index (χ1n) is 11.4. The number of rotatable bonds is 16. The fourth-order valence-corrected chi connectivity index (χ4v) is 3.24. The maximum Gasteiger partial charge on any atom is 0.320 e. The lowest BCUT2D eigenvalue weighted by Crippen LogP contribution is -2.29. The van der Waals surface area contributed by atoms with Gasteiger partial charge in [0.2, 0.25) is 0 Å². The molecule has 0 aromatic carbocycles. The largest absolute Gasteiger partial charge is 0.481 e. The van der Waals surface area contributed by atoms with Gasteiger partial charge in [-0.25, -0.2) is 0 Å². The average molecular weight is 398 g/mol. The van der Waals surface area contributed by atoms with Gasteiger partial charge in [0.05, 0.1) is 0 Å². The van der Waals surface area contributed by atoms with Crippen molar-refractivity contribution in [3.63, 3.8) is 0 Å². The quantitative estimate of drug-likeness (QED) is 0.222. The Labute approximate surface area is 172 Å². The van der Waals surface area contributed by atoms with Gasteiger partial charge in [0, 0.05) is 6.42 Å². The lowest BCUT2D eigenvalue weighted by Gasteiger charge is -1.99. The molecule has 1 rings (SSSR count). The van der Waals surface area contributed by atoms with Gasteiger partial charge in [0.25, 0.3) is 0 Å². The standard InChI is InChI=1S/C18H34O2.C5H9NO2/c1-2-3-4-5-6-7-8-9-10-11-12-13-14-15-16-17-18(19)20;7-5(8)4-2-1-3-6-4/h9-10H,2-8,11-17H2,1H3,(H,19,20);4,6H,1-3H2,(H,7,8)/b10-9-;/t;4-/m.0/s1. The van der Waals surface area contributed by atoms with Crippen LogP contribution in [0.15, 0.2) is 12.2 Å². The van der Waals surface area contributed by atoms with E-state index in [1.165, 1.54) is 70.6 Å². The molecule has 1 aliphatic rings. The molecule has 5 heteroatoms. The van der Waals surface area contributed by atoms with Crippen LogP contribution in [0.1, 0.15) is 110 Å². The van der Waals surface area contributed by atoms with Crippen molar-refractivity contribution in [1.29, 1.82) is 0 Å². The molecule has 1 atom stereocenters. The van der Waals surface area contributed by atoms with Crippen LogP contribution in [0.25, 0.3) is 0 Å². The summed E-state index contributed by atoms with van der Waals surface area (Å²) in [6, 6.07) is -0.269. The Morgan fingerprint density at radius 1 is 0.857 bits per heavy atom. The first kappa shape index (κ1) is 26.6. The monoisotopic (exact) mass is 397 g/mol. The number of hydrogen-bond donors (Lipinski definition) is 3. The van der Waals surface area contributed by atoms with Crippen molar-refractivity contribution in [2.24, 2.45) is 0 Å². The first-order chi connectivity index (χ1) is 13.6. The van der Waals surface area contributed by atoms with Crippen LogP contribution in [0.5, 0.6) is 0 Å². The second-order valence-corrected chi connectivity index (χ2v) is 7.72. The fraction of sp³-hybridized carbons (Fsp3) is 0.826. The molecule has 1 heterocycles. The number of aliphatic carboxylic acids is 2. The van der Waals surface area contributed by atoms with Crippen LogP contribution in [0.2, 0.25) is 0 Å². The van der Waals surface area contributed by atoms with E-state index in [-0.39, 0.29) is 6.04 Å². The average Bonchev–Trinajstić information content (AvgIpc) is 3.20. The number of nitrogens with one attached hydrogen (secondary N) is 1. The molecule has 0 spiro atoms. The van der Waals surface area contributed by atoms with Crippen LogP contribution in [-0.4, -0.2) is 34.7 Å². The van der Waals surface area contributed by atoms with Crippen LogP contribution in [0, 0.1) is 0 Å². The summed E-state index contributed by atoms with van der Waals surface area (Å²) in [4.78, 5) is 20.5. The molecule has 0 unspecified atom stereocenters. The molecule has 1 aliphatic heterocycles. The zero-order valence-electron chi connectivity index (χ0n) is 18.0. The maximum atomic E-state index is 10.3. The minimum atomic E-state index is -0.720. The van der Waals surface area contributed by atoms with E-state index >= 15 is 0 Å². The van der Waals surface area contributed by atoms with Crippen molar-refractivity contribution < 1.29 is 19.8 Å². The maximum absolute atomic E-state index is 10.3. The van der Waals surface area contributed by atoms with E-state index in [4.69, 9.17) is 10.2 Å². The lowest BCUT2D eigenvalue weighted by molar-refractivity contribution is -0.139. The van der Waals surface area contributed by atoms with Gasteiger partial charge in [-0.3, -0.25) is 9.59 Å². The molecule has 0 bridgehead atoms. The Bertz CT molecular complexity index is 403. The summed E-state index contributed by atoms with van der Waals surface area (Å²) in [6.45, 7) is 3.12. The summed E-state index contributed by atoms with van der Waals surface area (Å²) in [6.07, 6.45) is 23.0. The van der Waals surface area contributed by atoms with Crippen LogP contribution < -0.4 is 5.32 Å². The Hall–Kier alpha value is -1.36. The van der Waals surface area contributed by atoms with Gasteiger partial charge in [0.1, 0.15) is 6.04 Å². The number of carbonyl (C=O) groups is 2. The molecule has 1 fully saturated rings. The highest BCUT2D eigenvalue weighted by Gasteiger charge is 2.20. The Morgan fingerprint density at radius 3 is 1.82 bits per heavy atom. The van der Waals surface area contributed by atoms with E-state index in [0.717, 1.165) is 32.2 Å². The summed E-state index contributed by atoms with van der Waals surface area (Å²) in [5.74, 6) is -1.38. The number of carboxylic acids is 2. The second kappa shape index (κ2) is 20.4. The van der Waals surface area contributed by atoms with Crippen molar-refractivity contribution in [1.82, 2.24) is 5.32 Å². The molecule has 0 aromatic rings. The molecule has 164 valence electrons. The third-order valence-electron chi connectivity index (χ3n) is 5.01. The fourth-order valence-electron chi connectivity index (χ4n) is 3.24. The van der Waals surface area contributed by atoms with Crippen LogP contribution in [0.3, 0.4) is 0 Å². The van der Waals surface area contributed by atoms with Crippen molar-refractivity contribution in [2.45, 2.75) is 116 Å². The van der Waals surface area contributed by atoms with Gasteiger partial charge in [-0.05, 0) is 51.5 Å². The van der Waals surface area contributed by atoms with Gasteiger partial charge in [-0.2, -0.15) is 0 Å². The van der Waals surface area contributed by atoms with E-state index in [1.54, 1.807) is 0 Å². The molecule has 0 aliphatic carbocycles. The summed E-state index contributed by atoms with van der Waals surface area (Å²) in [5.41, 5.74) is 0. The summed E-state index contributed by atoms with van der Waals surface area (Å²) in [7, 11) is 0. The van der Waals surface area contributed by atoms with Crippen LogP contribution in [-0.2, 0) is 9.59 Å². The van der Waals surface area contributed by atoms with Crippen molar-refractivity contribution in [2.75, 3.05) is 6.54 Å². The van der Waals surface area contributed by atoms with Crippen molar-refractivity contribution in [3.05, 3.63) is 12.2 Å².